The van der Waals surface area contributed by atoms with Gasteiger partial charge in [0.2, 0.25) is 5.91 Å². The highest BCUT2D eigenvalue weighted by molar-refractivity contribution is 5.95. The van der Waals surface area contributed by atoms with Crippen LogP contribution in [0.2, 0.25) is 0 Å². The first-order valence-corrected chi connectivity index (χ1v) is 6.63. The van der Waals surface area contributed by atoms with E-state index in [4.69, 9.17) is 0 Å². The molecule has 1 heterocycles. The Kier molecular flexibility index (Phi) is 4.04. The fraction of sp³-hybridized carbons (Fsp3) is 0.571. The minimum absolute atomic E-state index is 0.112. The van der Waals surface area contributed by atoms with Gasteiger partial charge in [-0.2, -0.15) is 0 Å². The lowest BCUT2D eigenvalue weighted by atomic mass is 10.1. The van der Waals surface area contributed by atoms with E-state index in [1.165, 1.54) is 0 Å². The van der Waals surface area contributed by atoms with Crippen LogP contribution in [0.15, 0.2) is 12.1 Å². The minimum Gasteiger partial charge on any atom is -0.392 e. The number of hydrogen-bond donors (Lipinski definition) is 2. The van der Waals surface area contributed by atoms with E-state index in [2.05, 4.69) is 10.3 Å². The molecule has 1 amide bonds. The largest absolute Gasteiger partial charge is 0.392 e. The zero-order chi connectivity index (χ0) is 14.0. The number of aromatic nitrogens is 1. The summed E-state index contributed by atoms with van der Waals surface area (Å²) in [5, 5.41) is 12.7. The molecule has 1 aromatic rings. The second kappa shape index (κ2) is 5.57. The van der Waals surface area contributed by atoms with Crippen molar-refractivity contribution in [2.24, 2.45) is 5.92 Å². The molecule has 0 bridgehead atoms. The highest BCUT2D eigenvalue weighted by atomic mass is 16.3. The molecule has 5 heteroatoms. The Balaban J connectivity index is 2.16. The number of anilines is 2. The highest BCUT2D eigenvalue weighted by Gasteiger charge is 2.31. The van der Waals surface area contributed by atoms with Crippen LogP contribution < -0.4 is 10.2 Å². The molecule has 19 heavy (non-hydrogen) atoms. The van der Waals surface area contributed by atoms with Crippen LogP contribution in [0, 0.1) is 12.8 Å². The molecule has 5 nitrogen and oxygen atoms in total. The van der Waals surface area contributed by atoms with Crippen molar-refractivity contribution in [2.75, 3.05) is 24.3 Å². The molecule has 1 aliphatic rings. The molecular weight excluding hydrogens is 242 g/mol. The number of aliphatic hydroxyl groups excluding tert-OH is 1. The molecule has 2 atom stereocenters. The lowest BCUT2D eigenvalue weighted by Crippen LogP contribution is -2.29. The lowest BCUT2D eigenvalue weighted by molar-refractivity contribution is -0.122. The van der Waals surface area contributed by atoms with E-state index >= 15 is 0 Å². The molecule has 0 aromatic carbocycles. The Morgan fingerprint density at radius 1 is 1.42 bits per heavy atom. The SMILES string of the molecule is Cc1ccc(NC(=O)C2CCCC2O)c(N(C)C)n1. The molecule has 1 fully saturated rings. The van der Waals surface area contributed by atoms with Gasteiger partial charge in [0.15, 0.2) is 5.82 Å². The van der Waals surface area contributed by atoms with Gasteiger partial charge in [-0.15, -0.1) is 0 Å². The average Bonchev–Trinajstić information content (AvgIpc) is 2.77. The molecule has 0 spiro atoms. The quantitative estimate of drug-likeness (QED) is 0.868. The van der Waals surface area contributed by atoms with Crippen LogP contribution in [0.1, 0.15) is 25.0 Å². The van der Waals surface area contributed by atoms with E-state index < -0.39 is 6.10 Å². The minimum atomic E-state index is -0.513. The predicted octanol–water partition coefficient (Wildman–Crippen LogP) is 1.56. The van der Waals surface area contributed by atoms with Crippen LogP contribution in [0.4, 0.5) is 11.5 Å². The number of nitrogens with one attached hydrogen (secondary N) is 1. The molecule has 1 saturated carbocycles. The van der Waals surface area contributed by atoms with Crippen LogP contribution in [0.3, 0.4) is 0 Å². The van der Waals surface area contributed by atoms with Gasteiger partial charge in [-0.1, -0.05) is 0 Å². The van der Waals surface area contributed by atoms with Crippen molar-refractivity contribution >= 4 is 17.4 Å². The number of pyridine rings is 1. The van der Waals surface area contributed by atoms with Crippen LogP contribution in [0.5, 0.6) is 0 Å². The third-order valence-corrected chi connectivity index (χ3v) is 3.51. The second-order valence-electron chi connectivity index (χ2n) is 5.31. The molecule has 1 aliphatic carbocycles. The molecule has 0 aliphatic heterocycles. The number of nitrogens with zero attached hydrogens (tertiary/aromatic N) is 2. The van der Waals surface area contributed by atoms with E-state index in [9.17, 15) is 9.90 Å². The summed E-state index contributed by atoms with van der Waals surface area (Å²) in [5.74, 6) is 0.330. The summed E-state index contributed by atoms with van der Waals surface area (Å²) in [6.45, 7) is 1.92. The maximum atomic E-state index is 12.2. The number of hydrogen-bond acceptors (Lipinski definition) is 4. The van der Waals surface area contributed by atoms with Gasteiger partial charge in [0, 0.05) is 19.8 Å². The van der Waals surface area contributed by atoms with Crippen molar-refractivity contribution in [3.8, 4) is 0 Å². The molecule has 2 N–H and O–H groups in total. The summed E-state index contributed by atoms with van der Waals surface area (Å²) in [6.07, 6.45) is 1.86. The Labute approximate surface area is 113 Å². The van der Waals surface area contributed by atoms with Gasteiger partial charge in [0.25, 0.3) is 0 Å². The van der Waals surface area contributed by atoms with E-state index in [1.807, 2.05) is 38.1 Å². The third kappa shape index (κ3) is 3.04. The van der Waals surface area contributed by atoms with Gasteiger partial charge in [-0.25, -0.2) is 4.98 Å². The number of carbonyl (C=O) groups excluding carboxylic acids is 1. The maximum absolute atomic E-state index is 12.2. The van der Waals surface area contributed by atoms with Crippen molar-refractivity contribution in [2.45, 2.75) is 32.3 Å². The Morgan fingerprint density at radius 3 is 2.74 bits per heavy atom. The fourth-order valence-corrected chi connectivity index (χ4v) is 2.45. The van der Waals surface area contributed by atoms with E-state index in [0.29, 0.717) is 12.1 Å². The van der Waals surface area contributed by atoms with E-state index in [-0.39, 0.29) is 11.8 Å². The number of rotatable bonds is 3. The molecule has 2 rings (SSSR count). The summed E-state index contributed by atoms with van der Waals surface area (Å²) in [4.78, 5) is 18.5. The summed E-state index contributed by atoms with van der Waals surface area (Å²) in [7, 11) is 3.78. The van der Waals surface area contributed by atoms with Crippen molar-refractivity contribution in [1.82, 2.24) is 4.98 Å². The van der Waals surface area contributed by atoms with Crippen molar-refractivity contribution < 1.29 is 9.90 Å². The standard InChI is InChI=1S/C14H21N3O2/c1-9-7-8-11(13(15-9)17(2)3)16-14(19)10-5-4-6-12(10)18/h7-8,10,12,18H,4-6H2,1-3H3,(H,16,19). The first-order valence-electron chi connectivity index (χ1n) is 6.63. The first-order chi connectivity index (χ1) is 8.99. The Hall–Kier alpha value is -1.62. The molecule has 104 valence electrons. The normalized spacial score (nSPS) is 22.3. The predicted molar refractivity (Wildman–Crippen MR) is 75.3 cm³/mol. The van der Waals surface area contributed by atoms with Gasteiger partial charge < -0.3 is 15.3 Å². The Morgan fingerprint density at radius 2 is 2.16 bits per heavy atom. The molecule has 0 radical (unpaired) electrons. The second-order valence-corrected chi connectivity index (χ2v) is 5.31. The summed E-state index contributed by atoms with van der Waals surface area (Å²) < 4.78 is 0. The van der Waals surface area contributed by atoms with Gasteiger partial charge >= 0.3 is 0 Å². The van der Waals surface area contributed by atoms with Crippen molar-refractivity contribution in [3.05, 3.63) is 17.8 Å². The smallest absolute Gasteiger partial charge is 0.230 e. The number of carbonyl (C=O) groups is 1. The third-order valence-electron chi connectivity index (χ3n) is 3.51. The summed E-state index contributed by atoms with van der Waals surface area (Å²) in [5.41, 5.74) is 1.60. The van der Waals surface area contributed by atoms with Crippen LogP contribution >= 0.6 is 0 Å². The summed E-state index contributed by atoms with van der Waals surface area (Å²) in [6, 6.07) is 3.73. The van der Waals surface area contributed by atoms with Gasteiger partial charge in [0.05, 0.1) is 17.7 Å². The van der Waals surface area contributed by atoms with Crippen molar-refractivity contribution in [3.63, 3.8) is 0 Å². The van der Waals surface area contributed by atoms with Gasteiger partial charge in [-0.3, -0.25) is 4.79 Å². The number of aryl methyl sites for hydroxylation is 1. The molecule has 0 saturated heterocycles. The molecule has 1 aromatic heterocycles. The van der Waals surface area contributed by atoms with Crippen LogP contribution in [-0.2, 0) is 4.79 Å². The number of aliphatic hydroxyl groups is 1. The topological polar surface area (TPSA) is 65.5 Å². The highest BCUT2D eigenvalue weighted by Crippen LogP contribution is 2.28. The van der Waals surface area contributed by atoms with Crippen LogP contribution in [-0.4, -0.2) is 36.2 Å². The fourth-order valence-electron chi connectivity index (χ4n) is 2.45. The zero-order valence-corrected chi connectivity index (χ0v) is 11.7. The zero-order valence-electron chi connectivity index (χ0n) is 11.7. The number of amides is 1. The Bertz CT molecular complexity index is 474. The monoisotopic (exact) mass is 263 g/mol. The van der Waals surface area contributed by atoms with Gasteiger partial charge in [-0.05, 0) is 38.3 Å². The van der Waals surface area contributed by atoms with Gasteiger partial charge in [0.1, 0.15) is 0 Å². The average molecular weight is 263 g/mol. The first kappa shape index (κ1) is 13.8. The molecule has 2 unspecified atom stereocenters. The maximum Gasteiger partial charge on any atom is 0.230 e. The van der Waals surface area contributed by atoms with Crippen LogP contribution in [0.25, 0.3) is 0 Å². The summed E-state index contributed by atoms with van der Waals surface area (Å²) >= 11 is 0. The molecular formula is C14H21N3O2. The lowest BCUT2D eigenvalue weighted by Gasteiger charge is -2.19. The van der Waals surface area contributed by atoms with Crippen molar-refractivity contribution in [1.29, 1.82) is 0 Å². The van der Waals surface area contributed by atoms with E-state index in [0.717, 1.165) is 24.4 Å². The van der Waals surface area contributed by atoms with E-state index in [1.54, 1.807) is 0 Å².